The van der Waals surface area contributed by atoms with E-state index in [0.29, 0.717) is 43.4 Å². The molecule has 1 fully saturated rings. The van der Waals surface area contributed by atoms with Crippen LogP contribution in [0.5, 0.6) is 11.5 Å². The Morgan fingerprint density at radius 2 is 1.83 bits per heavy atom. The number of carbonyl (C=O) groups is 2. The maximum absolute atomic E-state index is 12.6. The van der Waals surface area contributed by atoms with Crippen LogP contribution in [0.3, 0.4) is 0 Å². The number of amides is 3. The highest BCUT2D eigenvalue weighted by Gasteiger charge is 2.25. The van der Waals surface area contributed by atoms with E-state index < -0.39 is 6.04 Å². The van der Waals surface area contributed by atoms with E-state index in [1.165, 1.54) is 7.11 Å². The fraction of sp³-hybridized carbons (Fsp3) is 0.381. The number of piperazine rings is 1. The van der Waals surface area contributed by atoms with E-state index in [9.17, 15) is 9.59 Å². The van der Waals surface area contributed by atoms with Crippen molar-refractivity contribution in [2.75, 3.05) is 50.6 Å². The van der Waals surface area contributed by atoms with Crippen LogP contribution in [0.15, 0.2) is 42.6 Å². The number of ether oxygens (including phenoxy) is 2. The molecule has 3 rings (SSSR count). The number of nitrogens with zero attached hydrogens (tertiary/aromatic N) is 3. The largest absolute Gasteiger partial charge is 0.497 e. The molecule has 0 radical (unpaired) electrons. The third kappa shape index (κ3) is 5.11. The molecule has 1 saturated heterocycles. The number of urea groups is 1. The summed E-state index contributed by atoms with van der Waals surface area (Å²) >= 11 is 0. The summed E-state index contributed by atoms with van der Waals surface area (Å²) in [4.78, 5) is 33.3. The summed E-state index contributed by atoms with van der Waals surface area (Å²) < 4.78 is 10.5. The average molecular weight is 413 g/mol. The Bertz CT molecular complexity index is 869. The number of anilines is 2. The lowest BCUT2D eigenvalue weighted by atomic mass is 10.2. The van der Waals surface area contributed by atoms with Gasteiger partial charge in [0, 0.05) is 38.4 Å². The van der Waals surface area contributed by atoms with Gasteiger partial charge in [-0.05, 0) is 31.2 Å². The van der Waals surface area contributed by atoms with Gasteiger partial charge in [-0.25, -0.2) is 9.78 Å². The Hall–Kier alpha value is -3.49. The summed E-state index contributed by atoms with van der Waals surface area (Å²) in [6.45, 7) is 4.13. The molecule has 9 nitrogen and oxygen atoms in total. The lowest BCUT2D eigenvalue weighted by Crippen LogP contribution is -2.54. The van der Waals surface area contributed by atoms with Crippen molar-refractivity contribution in [3.8, 4) is 11.5 Å². The predicted octanol–water partition coefficient (Wildman–Crippen LogP) is 1.96. The average Bonchev–Trinajstić information content (AvgIpc) is 2.79. The van der Waals surface area contributed by atoms with E-state index in [1.54, 1.807) is 43.3 Å². The summed E-state index contributed by atoms with van der Waals surface area (Å²) in [6, 6.07) is 9.90. The Morgan fingerprint density at radius 3 is 2.47 bits per heavy atom. The van der Waals surface area contributed by atoms with Crippen molar-refractivity contribution in [2.45, 2.75) is 13.0 Å². The topological polar surface area (TPSA) is 96.0 Å². The molecule has 30 heavy (non-hydrogen) atoms. The maximum Gasteiger partial charge on any atom is 0.318 e. The number of hydrogen-bond donors (Lipinski definition) is 2. The molecule has 0 saturated carbocycles. The predicted molar refractivity (Wildman–Crippen MR) is 114 cm³/mol. The van der Waals surface area contributed by atoms with Crippen LogP contribution in [0.2, 0.25) is 0 Å². The fourth-order valence-corrected chi connectivity index (χ4v) is 3.17. The highest BCUT2D eigenvalue weighted by molar-refractivity contribution is 5.98. The Morgan fingerprint density at radius 1 is 1.07 bits per heavy atom. The van der Waals surface area contributed by atoms with E-state index in [2.05, 4.69) is 20.5 Å². The molecule has 2 aromatic rings. The molecule has 1 aliphatic heterocycles. The highest BCUT2D eigenvalue weighted by Crippen LogP contribution is 2.28. The molecule has 3 amide bonds. The minimum atomic E-state index is -0.720. The normalized spacial score (nSPS) is 14.6. The van der Waals surface area contributed by atoms with Crippen molar-refractivity contribution < 1.29 is 19.1 Å². The SMILES string of the molecule is COc1ccc(OC)c(NC(=O)[C@H](C)NC(=O)N2CCN(c3ccccn3)CC2)c1. The first-order valence-corrected chi connectivity index (χ1v) is 9.76. The number of benzene rings is 1. The first-order valence-electron chi connectivity index (χ1n) is 9.76. The van der Waals surface area contributed by atoms with Crippen LogP contribution in [-0.2, 0) is 4.79 Å². The Kier molecular flexibility index (Phi) is 6.95. The first kappa shape index (κ1) is 21.2. The number of pyridine rings is 1. The Labute approximate surface area is 176 Å². The second-order valence-electron chi connectivity index (χ2n) is 6.89. The molecule has 0 spiro atoms. The maximum atomic E-state index is 12.6. The third-order valence-electron chi connectivity index (χ3n) is 4.94. The number of carbonyl (C=O) groups excluding carboxylic acids is 2. The van der Waals surface area contributed by atoms with Gasteiger partial charge in [0.2, 0.25) is 5.91 Å². The molecule has 2 N–H and O–H groups in total. The number of rotatable bonds is 6. The molecule has 0 unspecified atom stereocenters. The van der Waals surface area contributed by atoms with Crippen LogP contribution >= 0.6 is 0 Å². The van der Waals surface area contributed by atoms with Gasteiger partial charge in [0.05, 0.1) is 19.9 Å². The number of methoxy groups -OCH3 is 2. The quantitative estimate of drug-likeness (QED) is 0.752. The molecule has 1 aromatic heterocycles. The zero-order valence-corrected chi connectivity index (χ0v) is 17.4. The van der Waals surface area contributed by atoms with E-state index in [1.807, 2.05) is 18.2 Å². The zero-order valence-electron chi connectivity index (χ0n) is 17.4. The van der Waals surface area contributed by atoms with Gasteiger partial charge in [0.15, 0.2) is 0 Å². The lowest BCUT2D eigenvalue weighted by Gasteiger charge is -2.35. The van der Waals surface area contributed by atoms with Gasteiger partial charge < -0.3 is 29.9 Å². The van der Waals surface area contributed by atoms with E-state index >= 15 is 0 Å². The number of aromatic nitrogens is 1. The van der Waals surface area contributed by atoms with Crippen LogP contribution in [0.4, 0.5) is 16.3 Å². The summed E-state index contributed by atoms with van der Waals surface area (Å²) in [6.07, 6.45) is 1.76. The summed E-state index contributed by atoms with van der Waals surface area (Å²) in [5.74, 6) is 1.65. The number of hydrogen-bond acceptors (Lipinski definition) is 6. The summed E-state index contributed by atoms with van der Waals surface area (Å²) in [5.41, 5.74) is 0.479. The van der Waals surface area contributed by atoms with Crippen molar-refractivity contribution in [1.82, 2.24) is 15.2 Å². The lowest BCUT2D eigenvalue weighted by molar-refractivity contribution is -0.117. The van der Waals surface area contributed by atoms with Crippen molar-refractivity contribution >= 4 is 23.4 Å². The van der Waals surface area contributed by atoms with E-state index in [0.717, 1.165) is 5.82 Å². The van der Waals surface area contributed by atoms with Crippen LogP contribution < -0.4 is 25.0 Å². The monoisotopic (exact) mass is 413 g/mol. The number of nitrogens with one attached hydrogen (secondary N) is 2. The minimum Gasteiger partial charge on any atom is -0.497 e. The van der Waals surface area contributed by atoms with Gasteiger partial charge >= 0.3 is 6.03 Å². The molecule has 9 heteroatoms. The van der Waals surface area contributed by atoms with Gasteiger partial charge in [-0.3, -0.25) is 4.79 Å². The van der Waals surface area contributed by atoms with Crippen molar-refractivity contribution in [1.29, 1.82) is 0 Å². The van der Waals surface area contributed by atoms with Gasteiger partial charge in [0.25, 0.3) is 0 Å². The zero-order chi connectivity index (χ0) is 21.5. The van der Waals surface area contributed by atoms with Crippen molar-refractivity contribution in [3.63, 3.8) is 0 Å². The molecular weight excluding hydrogens is 386 g/mol. The molecule has 2 heterocycles. The van der Waals surface area contributed by atoms with Crippen molar-refractivity contribution in [3.05, 3.63) is 42.6 Å². The molecule has 1 aliphatic rings. The minimum absolute atomic E-state index is 0.268. The molecule has 0 bridgehead atoms. The Balaban J connectivity index is 1.53. The molecule has 1 aromatic carbocycles. The van der Waals surface area contributed by atoms with Crippen LogP contribution in [0.1, 0.15) is 6.92 Å². The molecule has 1 atom stereocenters. The fourth-order valence-electron chi connectivity index (χ4n) is 3.17. The smallest absolute Gasteiger partial charge is 0.318 e. The van der Waals surface area contributed by atoms with Crippen molar-refractivity contribution in [2.24, 2.45) is 0 Å². The van der Waals surface area contributed by atoms with E-state index in [4.69, 9.17) is 9.47 Å². The summed E-state index contributed by atoms with van der Waals surface area (Å²) in [5, 5.41) is 5.54. The summed E-state index contributed by atoms with van der Waals surface area (Å²) in [7, 11) is 3.07. The van der Waals surface area contributed by atoms with Gasteiger partial charge in [-0.15, -0.1) is 0 Å². The van der Waals surface area contributed by atoms with Crippen LogP contribution in [-0.4, -0.2) is 68.3 Å². The molecular formula is C21H27N5O4. The van der Waals surface area contributed by atoms with Gasteiger partial charge in [-0.1, -0.05) is 6.07 Å². The third-order valence-corrected chi connectivity index (χ3v) is 4.94. The van der Waals surface area contributed by atoms with Gasteiger partial charge in [-0.2, -0.15) is 0 Å². The standard InChI is InChI=1S/C21H27N5O4/c1-15(20(27)24-17-14-16(29-2)7-8-18(17)30-3)23-21(28)26-12-10-25(11-13-26)19-6-4-5-9-22-19/h4-9,14-15H,10-13H2,1-3H3,(H,23,28)(H,24,27)/t15-/m0/s1. The second-order valence-corrected chi connectivity index (χ2v) is 6.89. The highest BCUT2D eigenvalue weighted by atomic mass is 16.5. The van der Waals surface area contributed by atoms with E-state index in [-0.39, 0.29) is 11.9 Å². The van der Waals surface area contributed by atoms with Gasteiger partial charge in [0.1, 0.15) is 23.4 Å². The first-order chi connectivity index (χ1) is 14.5. The van der Waals surface area contributed by atoms with Crippen LogP contribution in [0, 0.1) is 0 Å². The second kappa shape index (κ2) is 9.82. The van der Waals surface area contributed by atoms with Crippen LogP contribution in [0.25, 0.3) is 0 Å². The molecule has 160 valence electrons. The molecule has 0 aliphatic carbocycles.